The minimum atomic E-state index is 0.731. The summed E-state index contributed by atoms with van der Waals surface area (Å²) < 4.78 is 2.01. The first-order valence-electron chi connectivity index (χ1n) is 7.38. The Balaban J connectivity index is 2.07. The standard InChI is InChI=1S/C18H20N4/c1-12-7-5-8-13(2)16(12)20-18-21-19-11-22(18)17-14(3)9-6-10-15(17)4/h5-11H,1-4H3,(H,20,21). The molecule has 2 aromatic carbocycles. The van der Waals surface area contributed by atoms with E-state index in [-0.39, 0.29) is 0 Å². The van der Waals surface area contributed by atoms with Crippen LogP contribution in [0.5, 0.6) is 0 Å². The first-order valence-corrected chi connectivity index (χ1v) is 7.38. The van der Waals surface area contributed by atoms with Gasteiger partial charge < -0.3 is 5.32 Å². The van der Waals surface area contributed by atoms with E-state index in [2.05, 4.69) is 79.6 Å². The van der Waals surface area contributed by atoms with Crippen LogP contribution in [0.25, 0.3) is 5.69 Å². The van der Waals surface area contributed by atoms with Gasteiger partial charge in [-0.1, -0.05) is 36.4 Å². The lowest BCUT2D eigenvalue weighted by Gasteiger charge is -2.15. The topological polar surface area (TPSA) is 42.7 Å². The summed E-state index contributed by atoms with van der Waals surface area (Å²) in [5.41, 5.74) is 6.99. The second-order valence-electron chi connectivity index (χ2n) is 5.66. The van der Waals surface area contributed by atoms with Gasteiger partial charge >= 0.3 is 0 Å². The van der Waals surface area contributed by atoms with Crippen molar-refractivity contribution in [3.63, 3.8) is 0 Å². The van der Waals surface area contributed by atoms with Gasteiger partial charge in [0.25, 0.3) is 0 Å². The van der Waals surface area contributed by atoms with Gasteiger partial charge in [0.15, 0.2) is 0 Å². The van der Waals surface area contributed by atoms with Crippen molar-refractivity contribution in [2.45, 2.75) is 27.7 Å². The molecule has 0 saturated heterocycles. The van der Waals surface area contributed by atoms with E-state index in [9.17, 15) is 0 Å². The number of para-hydroxylation sites is 2. The number of rotatable bonds is 3. The van der Waals surface area contributed by atoms with E-state index >= 15 is 0 Å². The largest absolute Gasteiger partial charge is 0.323 e. The van der Waals surface area contributed by atoms with Crippen LogP contribution in [0.2, 0.25) is 0 Å². The number of nitrogens with zero attached hydrogens (tertiary/aromatic N) is 3. The van der Waals surface area contributed by atoms with E-state index < -0.39 is 0 Å². The SMILES string of the molecule is Cc1cccc(C)c1Nc1nncn1-c1c(C)cccc1C. The Bertz CT molecular complexity index is 777. The summed E-state index contributed by atoms with van der Waals surface area (Å²) in [6.45, 7) is 8.39. The predicted molar refractivity (Wildman–Crippen MR) is 90.0 cm³/mol. The molecule has 0 atom stereocenters. The van der Waals surface area contributed by atoms with Gasteiger partial charge in [0.1, 0.15) is 6.33 Å². The van der Waals surface area contributed by atoms with E-state index in [1.54, 1.807) is 6.33 Å². The summed E-state index contributed by atoms with van der Waals surface area (Å²) in [6, 6.07) is 12.5. The monoisotopic (exact) mass is 292 g/mol. The number of benzene rings is 2. The lowest BCUT2D eigenvalue weighted by molar-refractivity contribution is 1.02. The van der Waals surface area contributed by atoms with Gasteiger partial charge in [-0.15, -0.1) is 10.2 Å². The Morgan fingerprint density at radius 3 is 1.95 bits per heavy atom. The van der Waals surface area contributed by atoms with Crippen molar-refractivity contribution in [1.82, 2.24) is 14.8 Å². The third-order valence-corrected chi connectivity index (χ3v) is 3.95. The second kappa shape index (κ2) is 5.64. The number of nitrogens with one attached hydrogen (secondary N) is 1. The van der Waals surface area contributed by atoms with E-state index in [1.807, 2.05) is 4.57 Å². The van der Waals surface area contributed by atoms with Crippen LogP contribution < -0.4 is 5.32 Å². The number of aromatic nitrogens is 3. The molecular weight excluding hydrogens is 272 g/mol. The first-order chi connectivity index (χ1) is 10.6. The normalized spacial score (nSPS) is 10.7. The number of aryl methyl sites for hydroxylation is 4. The molecule has 4 heteroatoms. The van der Waals surface area contributed by atoms with Crippen LogP contribution in [0, 0.1) is 27.7 Å². The molecule has 3 aromatic rings. The summed E-state index contributed by atoms with van der Waals surface area (Å²) in [7, 11) is 0. The highest BCUT2D eigenvalue weighted by Gasteiger charge is 2.12. The fourth-order valence-corrected chi connectivity index (χ4v) is 2.79. The molecule has 4 nitrogen and oxygen atoms in total. The van der Waals surface area contributed by atoms with Crippen molar-refractivity contribution >= 4 is 11.6 Å². The highest BCUT2D eigenvalue weighted by atomic mass is 15.3. The van der Waals surface area contributed by atoms with Crippen LogP contribution in [0.3, 0.4) is 0 Å². The summed E-state index contributed by atoms with van der Waals surface area (Å²) in [5.74, 6) is 0.731. The molecule has 0 aliphatic heterocycles. The molecule has 0 radical (unpaired) electrons. The Morgan fingerprint density at radius 1 is 0.818 bits per heavy atom. The molecule has 0 aliphatic rings. The highest BCUT2D eigenvalue weighted by molar-refractivity contribution is 5.64. The Hall–Kier alpha value is -2.62. The lowest BCUT2D eigenvalue weighted by Crippen LogP contribution is -2.06. The molecule has 0 aliphatic carbocycles. The van der Waals surface area contributed by atoms with E-state index in [0.717, 1.165) is 17.3 Å². The molecular formula is C18H20N4. The second-order valence-corrected chi connectivity index (χ2v) is 5.66. The molecule has 3 rings (SSSR count). The molecule has 0 bridgehead atoms. The quantitative estimate of drug-likeness (QED) is 0.785. The Kier molecular flexibility index (Phi) is 3.67. The summed E-state index contributed by atoms with van der Waals surface area (Å²) in [5, 5.41) is 11.8. The van der Waals surface area contributed by atoms with E-state index in [4.69, 9.17) is 0 Å². The minimum Gasteiger partial charge on any atom is -0.323 e. The zero-order valence-corrected chi connectivity index (χ0v) is 13.4. The van der Waals surface area contributed by atoms with Crippen LogP contribution in [0.4, 0.5) is 11.6 Å². The van der Waals surface area contributed by atoms with Gasteiger partial charge in [0.05, 0.1) is 5.69 Å². The molecule has 0 amide bonds. The van der Waals surface area contributed by atoms with Gasteiger partial charge in [-0.05, 0) is 49.9 Å². The maximum absolute atomic E-state index is 4.25. The smallest absolute Gasteiger partial charge is 0.233 e. The predicted octanol–water partition coefficient (Wildman–Crippen LogP) is 4.24. The van der Waals surface area contributed by atoms with Crippen molar-refractivity contribution in [2.24, 2.45) is 0 Å². The zero-order valence-electron chi connectivity index (χ0n) is 13.4. The van der Waals surface area contributed by atoms with Crippen molar-refractivity contribution in [1.29, 1.82) is 0 Å². The molecule has 0 fully saturated rings. The fourth-order valence-electron chi connectivity index (χ4n) is 2.79. The van der Waals surface area contributed by atoms with Crippen LogP contribution >= 0.6 is 0 Å². The van der Waals surface area contributed by atoms with Crippen molar-refractivity contribution in [3.05, 3.63) is 65.0 Å². The van der Waals surface area contributed by atoms with Gasteiger partial charge in [0.2, 0.25) is 5.95 Å². The average molecular weight is 292 g/mol. The van der Waals surface area contributed by atoms with Crippen LogP contribution in [-0.4, -0.2) is 14.8 Å². The summed E-state index contributed by atoms with van der Waals surface area (Å²) in [6.07, 6.45) is 1.76. The number of hydrogen-bond acceptors (Lipinski definition) is 3. The fraction of sp³-hybridized carbons (Fsp3) is 0.222. The van der Waals surface area contributed by atoms with E-state index in [0.29, 0.717) is 0 Å². The highest BCUT2D eigenvalue weighted by Crippen LogP contribution is 2.26. The maximum atomic E-state index is 4.25. The van der Waals surface area contributed by atoms with Gasteiger partial charge in [-0.25, -0.2) is 0 Å². The number of hydrogen-bond donors (Lipinski definition) is 1. The first kappa shape index (κ1) is 14.3. The van der Waals surface area contributed by atoms with Crippen LogP contribution in [-0.2, 0) is 0 Å². The number of anilines is 2. The summed E-state index contributed by atoms with van der Waals surface area (Å²) >= 11 is 0. The van der Waals surface area contributed by atoms with Crippen molar-refractivity contribution in [2.75, 3.05) is 5.32 Å². The van der Waals surface area contributed by atoms with Gasteiger partial charge in [0, 0.05) is 5.69 Å². The molecule has 1 aromatic heterocycles. The third-order valence-electron chi connectivity index (χ3n) is 3.95. The molecule has 0 spiro atoms. The van der Waals surface area contributed by atoms with Gasteiger partial charge in [-0.3, -0.25) is 4.57 Å². The molecule has 22 heavy (non-hydrogen) atoms. The maximum Gasteiger partial charge on any atom is 0.233 e. The molecule has 1 N–H and O–H groups in total. The Labute approximate surface area is 130 Å². The van der Waals surface area contributed by atoms with E-state index in [1.165, 1.54) is 22.3 Å². The average Bonchev–Trinajstić information content (AvgIpc) is 2.91. The third kappa shape index (κ3) is 2.48. The van der Waals surface area contributed by atoms with Crippen molar-refractivity contribution < 1.29 is 0 Å². The van der Waals surface area contributed by atoms with Crippen LogP contribution in [0.15, 0.2) is 42.7 Å². The molecule has 0 unspecified atom stereocenters. The van der Waals surface area contributed by atoms with Crippen molar-refractivity contribution in [3.8, 4) is 5.69 Å². The Morgan fingerprint density at radius 2 is 1.36 bits per heavy atom. The minimum absolute atomic E-state index is 0.731. The summed E-state index contributed by atoms with van der Waals surface area (Å²) in [4.78, 5) is 0. The zero-order chi connectivity index (χ0) is 15.7. The van der Waals surface area contributed by atoms with Crippen LogP contribution in [0.1, 0.15) is 22.3 Å². The van der Waals surface area contributed by atoms with Gasteiger partial charge in [-0.2, -0.15) is 0 Å². The molecule has 112 valence electrons. The molecule has 0 saturated carbocycles. The molecule has 1 heterocycles. The lowest BCUT2D eigenvalue weighted by atomic mass is 10.1.